The van der Waals surface area contributed by atoms with Gasteiger partial charge in [0.25, 0.3) is 0 Å². The smallest absolute Gasteiger partial charge is 0.0540 e. The molecule has 0 spiro atoms. The molecule has 0 fully saturated rings. The fourth-order valence-electron chi connectivity index (χ4n) is 1.35. The average Bonchev–Trinajstić information content (AvgIpc) is 2.31. The van der Waals surface area contributed by atoms with Crippen LogP contribution in [0.25, 0.3) is 0 Å². The molecule has 0 aromatic heterocycles. The molecule has 0 amide bonds. The second-order valence-corrected chi connectivity index (χ2v) is 4.28. The minimum Gasteiger partial charge on any atom is -0.305 e. The van der Waals surface area contributed by atoms with Gasteiger partial charge in [0.2, 0.25) is 0 Å². The van der Waals surface area contributed by atoms with E-state index in [-0.39, 0.29) is 0 Å². The molecule has 0 radical (unpaired) electrons. The molecule has 3 nitrogen and oxygen atoms in total. The molecule has 0 saturated heterocycles. The first-order valence-corrected chi connectivity index (χ1v) is 5.95. The lowest BCUT2D eigenvalue weighted by Crippen LogP contribution is -2.22. The van der Waals surface area contributed by atoms with Gasteiger partial charge in [-0.15, -0.1) is 0 Å². The lowest BCUT2D eigenvalue weighted by Gasteiger charge is -2.14. The van der Waals surface area contributed by atoms with Crippen LogP contribution in [-0.2, 0) is 0 Å². The van der Waals surface area contributed by atoms with E-state index in [0.717, 1.165) is 23.4 Å². The Bertz CT molecular complexity index is 421. The zero-order chi connectivity index (χ0) is 12.8. The zero-order valence-corrected chi connectivity index (χ0v) is 11.2. The van der Waals surface area contributed by atoms with Crippen LogP contribution in [0, 0.1) is 5.41 Å². The van der Waals surface area contributed by atoms with E-state index in [1.54, 1.807) is 6.92 Å². The summed E-state index contributed by atoms with van der Waals surface area (Å²) in [5.74, 6) is 0. The molecule has 3 N–H and O–H groups in total. The molecule has 0 heterocycles. The van der Waals surface area contributed by atoms with E-state index in [2.05, 4.69) is 17.8 Å². The molecule has 17 heavy (non-hydrogen) atoms. The summed E-state index contributed by atoms with van der Waals surface area (Å²) in [6, 6.07) is 7.45. The highest BCUT2D eigenvalue weighted by atomic mass is 35.5. The van der Waals surface area contributed by atoms with E-state index in [0.29, 0.717) is 10.7 Å². The van der Waals surface area contributed by atoms with Gasteiger partial charge < -0.3 is 16.3 Å². The van der Waals surface area contributed by atoms with Crippen molar-refractivity contribution < 1.29 is 0 Å². The van der Waals surface area contributed by atoms with Crippen molar-refractivity contribution in [2.24, 2.45) is 0 Å². The molecule has 1 rings (SSSR count). The Hall–Kier alpha value is -1.48. The van der Waals surface area contributed by atoms with Gasteiger partial charge in [-0.25, -0.2) is 0 Å². The van der Waals surface area contributed by atoms with Crippen molar-refractivity contribution in [3.63, 3.8) is 0 Å². The molecular formula is C13H18ClN3. The maximum Gasteiger partial charge on any atom is 0.0540 e. The van der Waals surface area contributed by atoms with Crippen molar-refractivity contribution in [3.05, 3.63) is 40.6 Å². The summed E-state index contributed by atoms with van der Waals surface area (Å²) >= 11 is 5.81. The van der Waals surface area contributed by atoms with Gasteiger partial charge in [-0.05, 0) is 50.1 Å². The lowest BCUT2D eigenvalue weighted by atomic mass is 10.1. The average molecular weight is 252 g/mol. The zero-order valence-electron chi connectivity index (χ0n) is 10.4. The summed E-state index contributed by atoms with van der Waals surface area (Å²) in [4.78, 5) is 0. The van der Waals surface area contributed by atoms with E-state index in [1.165, 1.54) is 0 Å². The fraction of sp³-hybridized carbons (Fsp3) is 0.308. The Morgan fingerprint density at radius 3 is 2.29 bits per heavy atom. The summed E-state index contributed by atoms with van der Waals surface area (Å²) in [7, 11) is 0. The van der Waals surface area contributed by atoms with Crippen LogP contribution >= 0.6 is 11.6 Å². The van der Waals surface area contributed by atoms with E-state index in [4.69, 9.17) is 17.0 Å². The van der Waals surface area contributed by atoms with E-state index < -0.39 is 0 Å². The molecule has 0 aliphatic carbocycles. The SMILES string of the molecule is CCC(NNc1ccc(Cl)cc1)=C(C)C(C)=N. The molecule has 1 aromatic carbocycles. The predicted molar refractivity (Wildman–Crippen MR) is 74.6 cm³/mol. The maximum atomic E-state index is 7.60. The Morgan fingerprint density at radius 2 is 1.82 bits per heavy atom. The highest BCUT2D eigenvalue weighted by Gasteiger charge is 2.02. The first-order chi connectivity index (χ1) is 8.04. The number of allylic oxidation sites excluding steroid dienone is 2. The molecule has 92 valence electrons. The minimum absolute atomic E-state index is 0.576. The van der Waals surface area contributed by atoms with Gasteiger partial charge in [-0.2, -0.15) is 0 Å². The second kappa shape index (κ2) is 6.30. The molecule has 1 aromatic rings. The van der Waals surface area contributed by atoms with Crippen molar-refractivity contribution in [1.29, 1.82) is 5.41 Å². The van der Waals surface area contributed by atoms with Crippen LogP contribution in [0.3, 0.4) is 0 Å². The summed E-state index contributed by atoms with van der Waals surface area (Å²) in [6.07, 6.45) is 0.850. The van der Waals surface area contributed by atoms with Crippen molar-refractivity contribution in [2.75, 3.05) is 5.43 Å². The monoisotopic (exact) mass is 251 g/mol. The third-order valence-electron chi connectivity index (χ3n) is 2.57. The lowest BCUT2D eigenvalue weighted by molar-refractivity contribution is 0.870. The van der Waals surface area contributed by atoms with Crippen LogP contribution < -0.4 is 10.9 Å². The van der Waals surface area contributed by atoms with Gasteiger partial charge in [-0.1, -0.05) is 18.5 Å². The van der Waals surface area contributed by atoms with Crippen LogP contribution in [-0.4, -0.2) is 5.71 Å². The Balaban J connectivity index is 2.69. The van der Waals surface area contributed by atoms with Gasteiger partial charge in [0.15, 0.2) is 0 Å². The Morgan fingerprint density at radius 1 is 1.24 bits per heavy atom. The summed E-state index contributed by atoms with van der Waals surface area (Å²) in [6.45, 7) is 5.78. The van der Waals surface area contributed by atoms with Gasteiger partial charge in [-0.3, -0.25) is 0 Å². The van der Waals surface area contributed by atoms with E-state index in [1.807, 2.05) is 31.2 Å². The number of benzene rings is 1. The van der Waals surface area contributed by atoms with Gasteiger partial charge >= 0.3 is 0 Å². The first-order valence-electron chi connectivity index (χ1n) is 5.57. The standard InChI is InChI=1S/C13H18ClN3/c1-4-13(9(2)10(3)15)17-16-12-7-5-11(14)6-8-12/h5-8,15-17H,4H2,1-3H3. The molecule has 0 aliphatic rings. The molecule has 0 bridgehead atoms. The van der Waals surface area contributed by atoms with E-state index >= 15 is 0 Å². The van der Waals surface area contributed by atoms with E-state index in [9.17, 15) is 0 Å². The molecular weight excluding hydrogens is 234 g/mol. The van der Waals surface area contributed by atoms with Crippen molar-refractivity contribution in [1.82, 2.24) is 5.43 Å². The second-order valence-electron chi connectivity index (χ2n) is 3.84. The van der Waals surface area contributed by atoms with Crippen LogP contribution in [0.2, 0.25) is 5.02 Å². The quantitative estimate of drug-likeness (QED) is 0.548. The number of hydrogen-bond acceptors (Lipinski definition) is 3. The summed E-state index contributed by atoms with van der Waals surface area (Å²) in [5.41, 5.74) is 9.73. The molecule has 0 unspecified atom stereocenters. The molecule has 0 aliphatic heterocycles. The van der Waals surface area contributed by atoms with Crippen LogP contribution in [0.5, 0.6) is 0 Å². The number of halogens is 1. The van der Waals surface area contributed by atoms with Crippen molar-refractivity contribution >= 4 is 23.0 Å². The number of nitrogens with one attached hydrogen (secondary N) is 3. The summed E-state index contributed by atoms with van der Waals surface area (Å²) in [5, 5.41) is 8.32. The molecule has 0 atom stereocenters. The van der Waals surface area contributed by atoms with Crippen LogP contribution in [0.1, 0.15) is 27.2 Å². The number of hydrazine groups is 1. The minimum atomic E-state index is 0.576. The maximum absolute atomic E-state index is 7.60. The number of rotatable bonds is 5. The Kier molecular flexibility index (Phi) is 5.04. The van der Waals surface area contributed by atoms with Gasteiger partial charge in [0, 0.05) is 16.4 Å². The van der Waals surface area contributed by atoms with Gasteiger partial charge in [0.1, 0.15) is 0 Å². The third-order valence-corrected chi connectivity index (χ3v) is 2.82. The van der Waals surface area contributed by atoms with Crippen molar-refractivity contribution in [2.45, 2.75) is 27.2 Å². The first kappa shape index (κ1) is 13.6. The summed E-state index contributed by atoms with van der Waals surface area (Å²) < 4.78 is 0. The molecule has 0 saturated carbocycles. The topological polar surface area (TPSA) is 47.9 Å². The largest absolute Gasteiger partial charge is 0.305 e. The van der Waals surface area contributed by atoms with Gasteiger partial charge in [0.05, 0.1) is 5.69 Å². The van der Waals surface area contributed by atoms with Crippen molar-refractivity contribution in [3.8, 4) is 0 Å². The van der Waals surface area contributed by atoms with Crippen LogP contribution in [0.4, 0.5) is 5.69 Å². The highest BCUT2D eigenvalue weighted by Crippen LogP contribution is 2.13. The molecule has 4 heteroatoms. The predicted octanol–water partition coefficient (Wildman–Crippen LogP) is 3.98. The van der Waals surface area contributed by atoms with Crippen LogP contribution in [0.15, 0.2) is 35.5 Å². The highest BCUT2D eigenvalue weighted by molar-refractivity contribution is 6.30. The fourth-order valence-corrected chi connectivity index (χ4v) is 1.48. The number of hydrogen-bond donors (Lipinski definition) is 3. The normalized spacial score (nSPS) is 11.8. The number of anilines is 1. The third kappa shape index (κ3) is 4.11. The Labute approximate surface area is 107 Å².